The number of piperazine rings is 1. The van der Waals surface area contributed by atoms with Crippen molar-refractivity contribution in [2.24, 2.45) is 4.99 Å². The number of aliphatic imine (C=N–C) groups is 1. The number of hydrogen-bond donors (Lipinski definition) is 1. The number of aryl methyl sites for hydroxylation is 2. The lowest BCUT2D eigenvalue weighted by Gasteiger charge is -2.37. The van der Waals surface area contributed by atoms with E-state index in [9.17, 15) is 19.1 Å². The standard InChI is InChI=1S/C29H29ClFN5O3/c1-5-24(39)34-12-14-35(15-13-34)28(32-4)20-16-21(30)26(25-22(31)10-7-11-23(25)38)33-29(20)36(17-37)27-18(2)8-6-9-19(27)3/h5-11,16-17,38H,1,12-15H2,2-4H3/b32-28+. The number of phenols is 1. The van der Waals surface area contributed by atoms with E-state index < -0.39 is 5.82 Å². The molecule has 202 valence electrons. The Labute approximate surface area is 231 Å². The number of amides is 2. The quantitative estimate of drug-likeness (QED) is 0.205. The summed E-state index contributed by atoms with van der Waals surface area (Å²) in [6.07, 6.45) is 1.93. The molecule has 10 heteroatoms. The molecule has 1 N–H and O–H groups in total. The summed E-state index contributed by atoms with van der Waals surface area (Å²) in [5.74, 6) is -0.506. The van der Waals surface area contributed by atoms with E-state index in [1.54, 1.807) is 18.0 Å². The number of aromatic nitrogens is 1. The van der Waals surface area contributed by atoms with Crippen LogP contribution >= 0.6 is 11.6 Å². The average molecular weight is 550 g/mol. The van der Waals surface area contributed by atoms with Crippen molar-refractivity contribution in [1.29, 1.82) is 0 Å². The number of anilines is 2. The first-order valence-corrected chi connectivity index (χ1v) is 12.7. The molecule has 0 radical (unpaired) electrons. The molecule has 0 atom stereocenters. The Morgan fingerprint density at radius 3 is 2.31 bits per heavy atom. The van der Waals surface area contributed by atoms with E-state index in [-0.39, 0.29) is 33.8 Å². The third kappa shape index (κ3) is 5.35. The Morgan fingerprint density at radius 2 is 1.74 bits per heavy atom. The van der Waals surface area contributed by atoms with Gasteiger partial charge in [0.25, 0.3) is 0 Å². The molecular weight excluding hydrogens is 521 g/mol. The van der Waals surface area contributed by atoms with Crippen molar-refractivity contribution in [3.05, 3.63) is 82.6 Å². The minimum absolute atomic E-state index is 0.0130. The van der Waals surface area contributed by atoms with Gasteiger partial charge < -0.3 is 14.9 Å². The van der Waals surface area contributed by atoms with Crippen LogP contribution in [-0.2, 0) is 9.59 Å². The fraction of sp³-hybridized carbons (Fsp3) is 0.241. The van der Waals surface area contributed by atoms with Crippen LogP contribution in [0.15, 0.2) is 60.1 Å². The van der Waals surface area contributed by atoms with Gasteiger partial charge in [0.15, 0.2) is 5.82 Å². The van der Waals surface area contributed by atoms with Crippen LogP contribution in [0.5, 0.6) is 5.75 Å². The molecule has 1 aliphatic rings. The van der Waals surface area contributed by atoms with Crippen LogP contribution in [0.25, 0.3) is 11.3 Å². The van der Waals surface area contributed by atoms with Gasteiger partial charge in [-0.25, -0.2) is 9.37 Å². The maximum atomic E-state index is 14.9. The van der Waals surface area contributed by atoms with Crippen LogP contribution in [0.2, 0.25) is 5.02 Å². The van der Waals surface area contributed by atoms with E-state index in [1.807, 2.05) is 36.9 Å². The van der Waals surface area contributed by atoms with E-state index in [0.29, 0.717) is 49.7 Å². The highest BCUT2D eigenvalue weighted by Gasteiger charge is 2.29. The van der Waals surface area contributed by atoms with Crippen molar-refractivity contribution in [2.75, 3.05) is 38.1 Å². The number of benzene rings is 2. The van der Waals surface area contributed by atoms with Crippen molar-refractivity contribution in [3.8, 4) is 17.0 Å². The predicted molar refractivity (Wildman–Crippen MR) is 151 cm³/mol. The van der Waals surface area contributed by atoms with Gasteiger partial charge >= 0.3 is 0 Å². The van der Waals surface area contributed by atoms with Crippen molar-refractivity contribution >= 4 is 41.3 Å². The van der Waals surface area contributed by atoms with Crippen molar-refractivity contribution in [2.45, 2.75) is 13.8 Å². The molecule has 0 aliphatic carbocycles. The number of halogens is 2. The molecule has 39 heavy (non-hydrogen) atoms. The minimum atomic E-state index is -0.708. The summed E-state index contributed by atoms with van der Waals surface area (Å²) < 4.78 is 14.9. The summed E-state index contributed by atoms with van der Waals surface area (Å²) in [6, 6.07) is 11.1. The average Bonchev–Trinajstić information content (AvgIpc) is 2.92. The Hall–Kier alpha value is -4.24. The molecule has 2 heterocycles. The lowest BCUT2D eigenvalue weighted by Crippen LogP contribution is -2.50. The molecule has 1 fully saturated rings. The molecule has 1 aromatic heterocycles. The monoisotopic (exact) mass is 549 g/mol. The number of hydrogen-bond acceptors (Lipinski definition) is 5. The molecule has 1 saturated heterocycles. The van der Waals surface area contributed by atoms with Gasteiger partial charge in [-0.2, -0.15) is 0 Å². The third-order valence-corrected chi connectivity index (χ3v) is 7.00. The van der Waals surface area contributed by atoms with Crippen LogP contribution in [-0.4, -0.2) is 71.3 Å². The van der Waals surface area contributed by atoms with Crippen LogP contribution in [0.4, 0.5) is 15.9 Å². The van der Waals surface area contributed by atoms with Crippen molar-refractivity contribution in [1.82, 2.24) is 14.8 Å². The van der Waals surface area contributed by atoms with E-state index in [0.717, 1.165) is 11.1 Å². The zero-order valence-corrected chi connectivity index (χ0v) is 22.7. The SMILES string of the molecule is C=CC(=O)N1CCN(/C(=N/C)c2cc(Cl)c(-c3c(O)cccc3F)nc2N(C=O)c2c(C)cccc2C)CC1. The highest BCUT2D eigenvalue weighted by atomic mass is 35.5. The summed E-state index contributed by atoms with van der Waals surface area (Å²) in [7, 11) is 1.62. The molecule has 4 rings (SSSR count). The smallest absolute Gasteiger partial charge is 0.246 e. The van der Waals surface area contributed by atoms with Gasteiger partial charge in [-0.15, -0.1) is 0 Å². The Kier molecular flexibility index (Phi) is 8.30. The molecule has 0 saturated carbocycles. The number of amidine groups is 1. The summed E-state index contributed by atoms with van der Waals surface area (Å²) in [4.78, 5) is 39.1. The van der Waals surface area contributed by atoms with Crippen LogP contribution < -0.4 is 4.90 Å². The Bertz CT molecular complexity index is 1430. The zero-order valence-electron chi connectivity index (χ0n) is 22.0. The van der Waals surface area contributed by atoms with Gasteiger partial charge in [0.1, 0.15) is 17.4 Å². The summed E-state index contributed by atoms with van der Waals surface area (Å²) in [5.41, 5.74) is 2.53. The topological polar surface area (TPSA) is 89.3 Å². The molecule has 0 unspecified atom stereocenters. The molecule has 8 nitrogen and oxygen atoms in total. The van der Waals surface area contributed by atoms with Crippen LogP contribution in [0.3, 0.4) is 0 Å². The number of pyridine rings is 1. The minimum Gasteiger partial charge on any atom is -0.507 e. The lowest BCUT2D eigenvalue weighted by atomic mass is 10.0. The highest BCUT2D eigenvalue weighted by Crippen LogP contribution is 2.40. The Balaban J connectivity index is 1.92. The van der Waals surface area contributed by atoms with Crippen molar-refractivity contribution < 1.29 is 19.1 Å². The van der Waals surface area contributed by atoms with Gasteiger partial charge in [0, 0.05) is 33.2 Å². The van der Waals surface area contributed by atoms with Crippen LogP contribution in [0.1, 0.15) is 16.7 Å². The molecular formula is C29H29ClFN5O3. The maximum Gasteiger partial charge on any atom is 0.246 e. The molecule has 3 aromatic rings. The van der Waals surface area contributed by atoms with Crippen LogP contribution in [0, 0.1) is 19.7 Å². The fourth-order valence-corrected chi connectivity index (χ4v) is 5.09. The van der Waals surface area contributed by atoms with Gasteiger partial charge in [-0.3, -0.25) is 19.5 Å². The number of para-hydroxylation sites is 1. The molecule has 2 amide bonds. The first-order chi connectivity index (χ1) is 18.7. The fourth-order valence-electron chi connectivity index (χ4n) is 4.84. The number of carbonyl (C=O) groups is 2. The van der Waals surface area contributed by atoms with Gasteiger partial charge in [0.05, 0.1) is 27.5 Å². The van der Waals surface area contributed by atoms with E-state index in [4.69, 9.17) is 16.6 Å². The normalized spacial score (nSPS) is 13.8. The first-order valence-electron chi connectivity index (χ1n) is 12.3. The Morgan fingerprint density at radius 1 is 1.13 bits per heavy atom. The van der Waals surface area contributed by atoms with Gasteiger partial charge in [-0.1, -0.05) is 42.4 Å². The summed E-state index contributed by atoms with van der Waals surface area (Å²) in [6.45, 7) is 9.17. The number of rotatable bonds is 6. The summed E-state index contributed by atoms with van der Waals surface area (Å²) >= 11 is 6.68. The molecule has 0 spiro atoms. The second-order valence-electron chi connectivity index (χ2n) is 9.10. The largest absolute Gasteiger partial charge is 0.507 e. The van der Waals surface area contributed by atoms with Crippen molar-refractivity contribution in [3.63, 3.8) is 0 Å². The lowest BCUT2D eigenvalue weighted by molar-refractivity contribution is -0.127. The number of aromatic hydroxyl groups is 1. The number of nitrogens with zero attached hydrogens (tertiary/aromatic N) is 5. The first kappa shape index (κ1) is 27.8. The van der Waals surface area contributed by atoms with E-state index in [2.05, 4.69) is 11.6 Å². The van der Waals surface area contributed by atoms with E-state index in [1.165, 1.54) is 29.2 Å². The van der Waals surface area contributed by atoms with Gasteiger partial charge in [0.2, 0.25) is 12.3 Å². The molecule has 2 aromatic carbocycles. The number of carbonyl (C=O) groups excluding carboxylic acids is 2. The van der Waals surface area contributed by atoms with E-state index >= 15 is 0 Å². The predicted octanol–water partition coefficient (Wildman–Crippen LogP) is 4.86. The molecule has 0 bridgehead atoms. The molecule has 1 aliphatic heterocycles. The second-order valence-corrected chi connectivity index (χ2v) is 9.51. The zero-order chi connectivity index (χ0) is 28.3. The van der Waals surface area contributed by atoms with Gasteiger partial charge in [-0.05, 0) is 49.2 Å². The third-order valence-electron chi connectivity index (χ3n) is 6.72. The second kappa shape index (κ2) is 11.7. The summed E-state index contributed by atoms with van der Waals surface area (Å²) in [5, 5.41) is 10.6. The maximum absolute atomic E-state index is 14.9. The highest BCUT2D eigenvalue weighted by molar-refractivity contribution is 6.33. The number of phenolic OH excluding ortho intramolecular Hbond substituents is 1.